The van der Waals surface area contributed by atoms with Crippen LogP contribution in [0, 0.1) is 5.92 Å². The molecule has 6 amide bonds. The molecule has 2 atom stereocenters. The maximum Gasteiger partial charge on any atom is 0.412 e. The van der Waals surface area contributed by atoms with Crippen LogP contribution in [-0.2, 0) is 44.9 Å². The fourth-order valence-corrected chi connectivity index (χ4v) is 6.32. The van der Waals surface area contributed by atoms with Crippen molar-refractivity contribution in [3.63, 3.8) is 0 Å². The summed E-state index contributed by atoms with van der Waals surface area (Å²) in [4.78, 5) is 96.3. The molecule has 4 N–H and O–H groups in total. The maximum absolute atomic E-state index is 13.1. The van der Waals surface area contributed by atoms with Gasteiger partial charge in [-0.2, -0.15) is 0 Å². The van der Waals surface area contributed by atoms with Gasteiger partial charge in [0.1, 0.15) is 35.0 Å². The Labute approximate surface area is 366 Å². The van der Waals surface area contributed by atoms with E-state index in [0.29, 0.717) is 49.3 Å². The summed E-state index contributed by atoms with van der Waals surface area (Å²) in [7, 11) is 1.56. The monoisotopic (exact) mass is 888 g/mol. The third-order valence-corrected chi connectivity index (χ3v) is 9.87. The normalized spacial score (nSPS) is 13.6. The van der Waals surface area contributed by atoms with Crippen molar-refractivity contribution in [2.45, 2.75) is 78.0 Å². The Morgan fingerprint density at radius 2 is 1.55 bits per heavy atom. The summed E-state index contributed by atoms with van der Waals surface area (Å²) < 4.78 is 16.7. The number of unbranched alkanes of at least 4 members (excludes halogenated alkanes) is 1. The molecule has 17 nitrogen and oxygen atoms in total. The number of hydroxylamine groups is 2. The van der Waals surface area contributed by atoms with Crippen molar-refractivity contribution in [1.82, 2.24) is 21.0 Å². The first-order valence-electron chi connectivity index (χ1n) is 19.6. The van der Waals surface area contributed by atoms with Gasteiger partial charge < -0.3 is 34.7 Å². The van der Waals surface area contributed by atoms with E-state index in [1.807, 2.05) is 0 Å². The fourth-order valence-electron chi connectivity index (χ4n) is 5.91. The van der Waals surface area contributed by atoms with Crippen molar-refractivity contribution in [3.05, 3.63) is 94.5 Å². The van der Waals surface area contributed by atoms with Crippen molar-refractivity contribution in [3.8, 4) is 5.75 Å². The van der Waals surface area contributed by atoms with E-state index in [0.717, 1.165) is 0 Å². The summed E-state index contributed by atoms with van der Waals surface area (Å²) in [6, 6.07) is 18.3. The molecule has 4 aromatic rings. The molecule has 0 spiro atoms. The summed E-state index contributed by atoms with van der Waals surface area (Å²) in [5.74, 6) is -3.10. The number of imide groups is 1. The highest BCUT2D eigenvalue weighted by Crippen LogP contribution is 2.22. The van der Waals surface area contributed by atoms with Crippen molar-refractivity contribution in [2.24, 2.45) is 10.9 Å². The molecule has 1 aliphatic heterocycles. The van der Waals surface area contributed by atoms with Gasteiger partial charge in [0.15, 0.2) is 0 Å². The number of benzene rings is 3. The zero-order valence-electron chi connectivity index (χ0n) is 34.3. The SMILES string of the molecule is COc1ccc(N=c2oc3ccc(Cl)cc3cc2C(=S)NC(=O)OCc2ccc(NC(=O)C(C)NC(=O)C(NC(=O)CCCCC(=O)ON3C(=O)CCC3=O)C(C)C)cc2)cc1. The van der Waals surface area contributed by atoms with Crippen LogP contribution in [0.25, 0.3) is 11.0 Å². The lowest BCUT2D eigenvalue weighted by Gasteiger charge is -2.24. The van der Waals surface area contributed by atoms with E-state index in [4.69, 9.17) is 42.5 Å². The molecule has 1 fully saturated rings. The van der Waals surface area contributed by atoms with Gasteiger partial charge in [0.25, 0.3) is 11.8 Å². The van der Waals surface area contributed by atoms with Gasteiger partial charge in [-0.1, -0.05) is 49.8 Å². The molecule has 0 saturated carbocycles. The highest BCUT2D eigenvalue weighted by Gasteiger charge is 2.33. The lowest BCUT2D eigenvalue weighted by atomic mass is 10.0. The number of hydrogen-bond acceptors (Lipinski definition) is 13. The topological polar surface area (TPSA) is 224 Å². The van der Waals surface area contributed by atoms with E-state index in [9.17, 15) is 33.6 Å². The molecular weight excluding hydrogens is 844 g/mol. The van der Waals surface area contributed by atoms with E-state index in [1.54, 1.807) is 93.8 Å². The predicted octanol–water partition coefficient (Wildman–Crippen LogP) is 5.68. The Kier molecular flexibility index (Phi) is 16.3. The Balaban J connectivity index is 1.07. The van der Waals surface area contributed by atoms with Crippen LogP contribution in [0.2, 0.25) is 5.02 Å². The van der Waals surface area contributed by atoms with Gasteiger partial charge in [0, 0.05) is 41.8 Å². The highest BCUT2D eigenvalue weighted by molar-refractivity contribution is 7.80. The average molecular weight is 889 g/mol. The number of alkyl carbamates (subject to hydrolysis) is 1. The second-order valence-corrected chi connectivity index (χ2v) is 15.3. The summed E-state index contributed by atoms with van der Waals surface area (Å²) >= 11 is 11.8. The number of hydrogen-bond donors (Lipinski definition) is 4. The minimum absolute atomic E-state index is 0.000191. The average Bonchev–Trinajstić information content (AvgIpc) is 3.56. The molecule has 2 unspecified atom stereocenters. The van der Waals surface area contributed by atoms with Crippen LogP contribution >= 0.6 is 23.8 Å². The van der Waals surface area contributed by atoms with Crippen LogP contribution in [0.1, 0.15) is 70.4 Å². The first-order chi connectivity index (χ1) is 29.6. The van der Waals surface area contributed by atoms with Gasteiger partial charge in [-0.25, -0.2) is 14.6 Å². The molecule has 0 bridgehead atoms. The number of carbonyl (C=O) groups is 7. The molecule has 0 aliphatic carbocycles. The number of carbonyl (C=O) groups excluding carboxylic acids is 7. The van der Waals surface area contributed by atoms with Gasteiger partial charge in [0.2, 0.25) is 23.3 Å². The molecule has 2 heterocycles. The molecule has 0 radical (unpaired) electrons. The number of thiocarbonyl (C=S) groups is 1. The maximum atomic E-state index is 13.1. The van der Waals surface area contributed by atoms with E-state index in [-0.39, 0.29) is 61.6 Å². The van der Waals surface area contributed by atoms with E-state index < -0.39 is 53.7 Å². The molecule has 1 aromatic heterocycles. The lowest BCUT2D eigenvalue weighted by molar-refractivity contribution is -0.197. The summed E-state index contributed by atoms with van der Waals surface area (Å²) in [6.07, 6.45) is -0.425. The second-order valence-electron chi connectivity index (χ2n) is 14.4. The molecule has 1 aliphatic rings. The quantitative estimate of drug-likeness (QED) is 0.0571. The number of nitrogens with one attached hydrogen (secondary N) is 4. The molecule has 19 heteroatoms. The van der Waals surface area contributed by atoms with Crippen LogP contribution in [0.5, 0.6) is 5.75 Å². The number of halogens is 1. The van der Waals surface area contributed by atoms with Gasteiger partial charge in [-0.3, -0.25) is 29.3 Å². The largest absolute Gasteiger partial charge is 0.497 e. The van der Waals surface area contributed by atoms with Gasteiger partial charge in [-0.05, 0) is 91.9 Å². The number of ether oxygens (including phenoxy) is 2. The Morgan fingerprint density at radius 3 is 2.21 bits per heavy atom. The van der Waals surface area contributed by atoms with Crippen molar-refractivity contribution in [2.75, 3.05) is 12.4 Å². The third-order valence-electron chi connectivity index (χ3n) is 9.31. The van der Waals surface area contributed by atoms with Crippen LogP contribution < -0.4 is 31.6 Å². The number of nitrogens with zero attached hydrogens (tertiary/aromatic N) is 2. The number of anilines is 1. The minimum Gasteiger partial charge on any atom is -0.497 e. The zero-order chi connectivity index (χ0) is 44.9. The van der Waals surface area contributed by atoms with Gasteiger partial charge in [0.05, 0.1) is 18.4 Å². The fraction of sp³-hybridized carbons (Fsp3) is 0.326. The highest BCUT2D eigenvalue weighted by atomic mass is 35.5. The van der Waals surface area contributed by atoms with Crippen LogP contribution in [0.4, 0.5) is 16.2 Å². The Hall–Kier alpha value is -6.66. The summed E-state index contributed by atoms with van der Waals surface area (Å²) in [5.41, 5.74) is 2.53. The third kappa shape index (κ3) is 13.2. The number of amides is 6. The lowest BCUT2D eigenvalue weighted by Crippen LogP contribution is -2.53. The molecule has 1 saturated heterocycles. The van der Waals surface area contributed by atoms with Crippen LogP contribution in [0.3, 0.4) is 0 Å². The van der Waals surface area contributed by atoms with Gasteiger partial charge >= 0.3 is 12.1 Å². The summed E-state index contributed by atoms with van der Waals surface area (Å²) in [6.45, 7) is 4.85. The smallest absolute Gasteiger partial charge is 0.412 e. The van der Waals surface area contributed by atoms with E-state index in [2.05, 4.69) is 26.3 Å². The second kappa shape index (κ2) is 21.7. The zero-order valence-corrected chi connectivity index (χ0v) is 35.9. The molecule has 326 valence electrons. The number of fused-ring (bicyclic) bond motifs is 1. The Bertz CT molecular complexity index is 2410. The molecule has 62 heavy (non-hydrogen) atoms. The van der Waals surface area contributed by atoms with Crippen LogP contribution in [-0.4, -0.2) is 70.8 Å². The van der Waals surface area contributed by atoms with Crippen molar-refractivity contribution in [1.29, 1.82) is 0 Å². The van der Waals surface area contributed by atoms with E-state index in [1.165, 1.54) is 6.92 Å². The standard InChI is InChI=1S/C43H45ClN6O11S/c1-24(2)38(48-34(51)7-5-6-8-37(54)61-50-35(52)19-20-36(50)53)40(56)45-25(3)39(55)46-29-12-9-26(10-13-29)23-59-43(57)49-42(62)32-22-27-21-28(44)11-18-33(27)60-41(32)47-30-14-16-31(58-4)17-15-30/h9-18,21-22,24-25,38H,5-8,19-20,23H2,1-4H3,(H,45,56)(H,46,55)(H,48,51)(H,49,57,62). The van der Waals surface area contributed by atoms with Gasteiger partial charge in [-0.15, -0.1) is 5.06 Å². The molecule has 5 rings (SSSR count). The summed E-state index contributed by atoms with van der Waals surface area (Å²) in [5, 5.41) is 12.2. The predicted molar refractivity (Wildman–Crippen MR) is 230 cm³/mol. The number of methoxy groups -OCH3 is 1. The van der Waals surface area contributed by atoms with E-state index >= 15 is 0 Å². The molecule has 3 aromatic carbocycles. The molecular formula is C43H45ClN6O11S. The van der Waals surface area contributed by atoms with Crippen LogP contribution in [0.15, 0.2) is 82.2 Å². The van der Waals surface area contributed by atoms with Crippen molar-refractivity contribution < 1.29 is 52.3 Å². The number of rotatable bonds is 17. The minimum atomic E-state index is -0.978. The Morgan fingerprint density at radius 1 is 0.871 bits per heavy atom. The first-order valence-corrected chi connectivity index (χ1v) is 20.3. The first kappa shape index (κ1) is 46.4. The van der Waals surface area contributed by atoms with Crippen molar-refractivity contribution >= 4 is 92.7 Å².